The summed E-state index contributed by atoms with van der Waals surface area (Å²) < 4.78 is 7.61. The molecule has 0 spiro atoms. The van der Waals surface area contributed by atoms with Crippen molar-refractivity contribution in [3.05, 3.63) is 47.4 Å². The number of aromatic nitrogens is 3. The number of unbranched alkanes of at least 4 members (excludes halogenated alkanes) is 2. The fourth-order valence-electron chi connectivity index (χ4n) is 3.43. The molecule has 0 radical (unpaired) electrons. The van der Waals surface area contributed by atoms with E-state index in [0.717, 1.165) is 47.7 Å². The number of rotatable bonds is 10. The monoisotopic (exact) mass is 398 g/mol. The zero-order valence-electron chi connectivity index (χ0n) is 17.1. The van der Waals surface area contributed by atoms with Gasteiger partial charge in [-0.15, -0.1) is 11.8 Å². The molecule has 3 rings (SSSR count). The third kappa shape index (κ3) is 4.86. The molecule has 0 aliphatic carbocycles. The Bertz CT molecular complexity index is 908. The number of hydrogen-bond acceptors (Lipinski definition) is 5. The Kier molecular flexibility index (Phi) is 7.34. The van der Waals surface area contributed by atoms with Gasteiger partial charge in [0.2, 0.25) is 0 Å². The van der Waals surface area contributed by atoms with Crippen molar-refractivity contribution in [3.63, 3.8) is 0 Å². The highest BCUT2D eigenvalue weighted by Crippen LogP contribution is 2.27. The fourth-order valence-corrected chi connectivity index (χ4v) is 4.36. The minimum atomic E-state index is 0.523. The van der Waals surface area contributed by atoms with E-state index in [-0.39, 0.29) is 0 Å². The van der Waals surface area contributed by atoms with Gasteiger partial charge in [0.1, 0.15) is 11.3 Å². The van der Waals surface area contributed by atoms with Gasteiger partial charge in [-0.1, -0.05) is 24.6 Å². The topological polar surface area (TPSA) is 66.0 Å². The summed E-state index contributed by atoms with van der Waals surface area (Å²) in [7, 11) is 1.72. The quantitative estimate of drug-likeness (QED) is 0.393. The SMILES string of the molecule is COCCc1nc2c(N)nc(C)c(C)c2n1CCCCCSc1ccccc1. The zero-order valence-corrected chi connectivity index (χ0v) is 17.9. The van der Waals surface area contributed by atoms with Crippen LogP contribution in [0.15, 0.2) is 35.2 Å². The first kappa shape index (κ1) is 20.7. The Labute approximate surface area is 171 Å². The highest BCUT2D eigenvalue weighted by Gasteiger charge is 2.17. The number of aryl methyl sites for hydroxylation is 3. The van der Waals surface area contributed by atoms with Crippen molar-refractivity contribution in [2.24, 2.45) is 0 Å². The number of hydrogen-bond donors (Lipinski definition) is 1. The van der Waals surface area contributed by atoms with Crippen molar-refractivity contribution in [1.82, 2.24) is 14.5 Å². The van der Waals surface area contributed by atoms with Crippen LogP contribution < -0.4 is 5.73 Å². The standard InChI is InChI=1S/C22H30N4OS/c1-16-17(2)24-22(23)20-21(16)26(19(25-20)12-14-27-3)13-8-5-9-15-28-18-10-6-4-7-11-18/h4,6-7,10-11H,5,8-9,12-15H2,1-3H3,(H2,23,24). The van der Waals surface area contributed by atoms with Gasteiger partial charge in [-0.3, -0.25) is 0 Å². The minimum Gasteiger partial charge on any atom is -0.384 e. The average Bonchev–Trinajstić information content (AvgIpc) is 3.07. The van der Waals surface area contributed by atoms with Gasteiger partial charge < -0.3 is 15.0 Å². The molecule has 150 valence electrons. The second-order valence-corrected chi connectivity index (χ2v) is 8.22. The molecule has 0 fully saturated rings. The van der Waals surface area contributed by atoms with Crippen LogP contribution in [-0.2, 0) is 17.7 Å². The number of thioether (sulfide) groups is 1. The largest absolute Gasteiger partial charge is 0.384 e. The van der Waals surface area contributed by atoms with E-state index < -0.39 is 0 Å². The number of methoxy groups -OCH3 is 1. The summed E-state index contributed by atoms with van der Waals surface area (Å²) in [6.07, 6.45) is 4.32. The number of ether oxygens (including phenoxy) is 1. The zero-order chi connectivity index (χ0) is 19.9. The summed E-state index contributed by atoms with van der Waals surface area (Å²) >= 11 is 1.93. The van der Waals surface area contributed by atoms with Gasteiger partial charge in [0.25, 0.3) is 0 Å². The van der Waals surface area contributed by atoms with Crippen LogP contribution in [0.1, 0.15) is 36.3 Å². The predicted molar refractivity (Wildman–Crippen MR) is 118 cm³/mol. The third-order valence-corrected chi connectivity index (χ3v) is 6.14. The molecule has 28 heavy (non-hydrogen) atoms. The van der Waals surface area contributed by atoms with Gasteiger partial charge in [0.15, 0.2) is 5.82 Å². The Hall–Kier alpha value is -2.05. The lowest BCUT2D eigenvalue weighted by Crippen LogP contribution is -2.08. The van der Waals surface area contributed by atoms with Crippen molar-refractivity contribution in [1.29, 1.82) is 0 Å². The number of pyridine rings is 1. The number of nitrogens with two attached hydrogens (primary N) is 1. The maximum absolute atomic E-state index is 6.17. The van der Waals surface area contributed by atoms with Crippen LogP contribution in [0.5, 0.6) is 0 Å². The maximum Gasteiger partial charge on any atom is 0.151 e. The number of nitrogens with zero attached hydrogens (tertiary/aromatic N) is 3. The van der Waals surface area contributed by atoms with E-state index in [2.05, 4.69) is 46.8 Å². The van der Waals surface area contributed by atoms with Crippen LogP contribution >= 0.6 is 11.8 Å². The third-order valence-electron chi connectivity index (χ3n) is 5.04. The molecule has 3 aromatic rings. The average molecular weight is 399 g/mol. The first-order valence-electron chi connectivity index (χ1n) is 9.90. The normalized spacial score (nSPS) is 11.4. The lowest BCUT2D eigenvalue weighted by atomic mass is 10.2. The van der Waals surface area contributed by atoms with Gasteiger partial charge in [-0.05, 0) is 50.1 Å². The summed E-state index contributed by atoms with van der Waals surface area (Å²) in [5, 5.41) is 0. The molecule has 0 aliphatic heterocycles. The smallest absolute Gasteiger partial charge is 0.151 e. The highest BCUT2D eigenvalue weighted by atomic mass is 32.2. The van der Waals surface area contributed by atoms with Crippen molar-refractivity contribution in [2.75, 3.05) is 25.2 Å². The molecule has 2 N–H and O–H groups in total. The van der Waals surface area contributed by atoms with Crippen LogP contribution in [0.4, 0.5) is 5.82 Å². The van der Waals surface area contributed by atoms with Gasteiger partial charge in [-0.2, -0.15) is 0 Å². The van der Waals surface area contributed by atoms with Crippen LogP contribution in [-0.4, -0.2) is 34.0 Å². The Morgan fingerprint density at radius 3 is 2.61 bits per heavy atom. The first-order chi connectivity index (χ1) is 13.6. The molecule has 2 heterocycles. The Morgan fingerprint density at radius 2 is 1.86 bits per heavy atom. The molecule has 0 bridgehead atoms. The predicted octanol–water partition coefficient (Wildman–Crippen LogP) is 4.78. The van der Waals surface area contributed by atoms with Crippen LogP contribution in [0.3, 0.4) is 0 Å². The molecule has 0 atom stereocenters. The summed E-state index contributed by atoms with van der Waals surface area (Å²) in [5.74, 6) is 2.72. The van der Waals surface area contributed by atoms with Crippen molar-refractivity contribution >= 4 is 28.6 Å². The summed E-state index contributed by atoms with van der Waals surface area (Å²) in [5.41, 5.74) is 10.3. The summed E-state index contributed by atoms with van der Waals surface area (Å²) in [6.45, 7) is 5.73. The van der Waals surface area contributed by atoms with E-state index >= 15 is 0 Å². The first-order valence-corrected chi connectivity index (χ1v) is 10.9. The molecule has 0 saturated heterocycles. The fraction of sp³-hybridized carbons (Fsp3) is 0.455. The number of anilines is 1. The Morgan fingerprint density at radius 1 is 1.07 bits per heavy atom. The van der Waals surface area contributed by atoms with E-state index in [0.29, 0.717) is 12.4 Å². The highest BCUT2D eigenvalue weighted by molar-refractivity contribution is 7.99. The second kappa shape index (κ2) is 9.94. The number of fused-ring (bicyclic) bond motifs is 1. The van der Waals surface area contributed by atoms with Crippen molar-refractivity contribution in [3.8, 4) is 0 Å². The van der Waals surface area contributed by atoms with Gasteiger partial charge in [0, 0.05) is 30.7 Å². The van der Waals surface area contributed by atoms with E-state index in [1.165, 1.54) is 23.3 Å². The molecule has 1 aromatic carbocycles. The Balaban J connectivity index is 1.65. The van der Waals surface area contributed by atoms with Crippen LogP contribution in [0.25, 0.3) is 11.0 Å². The number of imidazole rings is 1. The number of benzene rings is 1. The molecule has 0 amide bonds. The molecular weight excluding hydrogens is 368 g/mol. The molecule has 0 unspecified atom stereocenters. The molecule has 5 nitrogen and oxygen atoms in total. The summed E-state index contributed by atoms with van der Waals surface area (Å²) in [6, 6.07) is 10.6. The van der Waals surface area contributed by atoms with E-state index in [4.69, 9.17) is 15.5 Å². The maximum atomic E-state index is 6.17. The van der Waals surface area contributed by atoms with Crippen molar-refractivity contribution in [2.45, 2.75) is 51.0 Å². The minimum absolute atomic E-state index is 0.523. The van der Waals surface area contributed by atoms with Crippen molar-refractivity contribution < 1.29 is 4.74 Å². The molecular formula is C22H30N4OS. The lowest BCUT2D eigenvalue weighted by Gasteiger charge is -2.12. The van der Waals surface area contributed by atoms with E-state index in [1.807, 2.05) is 18.7 Å². The van der Waals surface area contributed by atoms with Gasteiger partial charge in [-0.25, -0.2) is 9.97 Å². The van der Waals surface area contributed by atoms with E-state index in [9.17, 15) is 0 Å². The molecule has 2 aromatic heterocycles. The van der Waals surface area contributed by atoms with Crippen LogP contribution in [0, 0.1) is 13.8 Å². The summed E-state index contributed by atoms with van der Waals surface area (Å²) in [4.78, 5) is 10.6. The second-order valence-electron chi connectivity index (χ2n) is 7.05. The molecule has 0 aliphatic rings. The molecule has 0 saturated carbocycles. The van der Waals surface area contributed by atoms with Gasteiger partial charge >= 0.3 is 0 Å². The lowest BCUT2D eigenvalue weighted by molar-refractivity contribution is 0.199. The number of nitrogen functional groups attached to an aromatic ring is 1. The molecule has 6 heteroatoms. The van der Waals surface area contributed by atoms with E-state index in [1.54, 1.807) is 7.11 Å². The van der Waals surface area contributed by atoms with Crippen LogP contribution in [0.2, 0.25) is 0 Å². The van der Waals surface area contributed by atoms with Gasteiger partial charge in [0.05, 0.1) is 12.1 Å².